The molecule has 1 aromatic carbocycles. The number of amides is 1. The number of rotatable bonds is 6. The Balaban J connectivity index is 1.90. The van der Waals surface area contributed by atoms with Crippen LogP contribution in [-0.4, -0.2) is 41.5 Å². The predicted molar refractivity (Wildman–Crippen MR) is 80.1 cm³/mol. The summed E-state index contributed by atoms with van der Waals surface area (Å²) in [5.41, 5.74) is 7.33. The lowest BCUT2D eigenvalue weighted by molar-refractivity contribution is -0.137. The summed E-state index contributed by atoms with van der Waals surface area (Å²) in [7, 11) is 0. The number of carbonyl (C=O) groups excluding carboxylic acids is 1. The van der Waals surface area contributed by atoms with Gasteiger partial charge in [-0.25, -0.2) is 0 Å². The Morgan fingerprint density at radius 2 is 2.00 bits per heavy atom. The molecule has 2 rings (SSSR count). The highest BCUT2D eigenvalue weighted by Crippen LogP contribution is 2.22. The van der Waals surface area contributed by atoms with Crippen molar-refractivity contribution in [3.63, 3.8) is 0 Å². The molecule has 0 spiro atoms. The third kappa shape index (κ3) is 4.29. The molecule has 0 radical (unpaired) electrons. The number of carbonyl (C=O) groups is 2. The van der Waals surface area contributed by atoms with E-state index in [1.54, 1.807) is 0 Å². The topological polar surface area (TPSA) is 83.6 Å². The fourth-order valence-electron chi connectivity index (χ4n) is 2.74. The van der Waals surface area contributed by atoms with Gasteiger partial charge in [-0.3, -0.25) is 9.59 Å². The Morgan fingerprint density at radius 1 is 1.29 bits per heavy atom. The van der Waals surface area contributed by atoms with E-state index in [0.717, 1.165) is 18.4 Å². The number of nitrogens with two attached hydrogens (primary N) is 1. The number of carboxylic acids is 1. The van der Waals surface area contributed by atoms with Gasteiger partial charge in [-0.05, 0) is 49.4 Å². The number of nitrogens with zero attached hydrogens (tertiary/aromatic N) is 1. The largest absolute Gasteiger partial charge is 0.481 e. The highest BCUT2D eigenvalue weighted by Gasteiger charge is 2.27. The maximum atomic E-state index is 12.4. The van der Waals surface area contributed by atoms with Crippen molar-refractivity contribution in [1.82, 2.24) is 4.90 Å². The summed E-state index contributed by atoms with van der Waals surface area (Å²) >= 11 is 0. The highest BCUT2D eigenvalue weighted by molar-refractivity contribution is 5.94. The monoisotopic (exact) mass is 290 g/mol. The van der Waals surface area contributed by atoms with E-state index in [4.69, 9.17) is 10.8 Å². The fourth-order valence-corrected chi connectivity index (χ4v) is 2.74. The van der Waals surface area contributed by atoms with Gasteiger partial charge in [0.15, 0.2) is 0 Å². The lowest BCUT2D eigenvalue weighted by atomic mass is 10.0. The molecule has 114 valence electrons. The maximum Gasteiger partial charge on any atom is 0.303 e. The molecular weight excluding hydrogens is 268 g/mol. The van der Waals surface area contributed by atoms with Crippen LogP contribution in [-0.2, 0) is 11.2 Å². The number of benzene rings is 1. The summed E-state index contributed by atoms with van der Waals surface area (Å²) in [6.45, 7) is 1.98. The Morgan fingerprint density at radius 3 is 2.62 bits per heavy atom. The average molecular weight is 290 g/mol. The molecule has 1 amide bonds. The van der Waals surface area contributed by atoms with Crippen LogP contribution >= 0.6 is 0 Å². The van der Waals surface area contributed by atoms with Crippen molar-refractivity contribution in [3.05, 3.63) is 35.4 Å². The van der Waals surface area contributed by atoms with Crippen molar-refractivity contribution in [2.75, 3.05) is 19.6 Å². The zero-order valence-electron chi connectivity index (χ0n) is 12.1. The summed E-state index contributed by atoms with van der Waals surface area (Å²) in [5, 5.41) is 8.71. The molecule has 5 heteroatoms. The SMILES string of the molecule is NCCc1ccc(C(=O)N2CCC(CCC(=O)O)C2)cc1. The van der Waals surface area contributed by atoms with Crippen molar-refractivity contribution < 1.29 is 14.7 Å². The molecule has 1 heterocycles. The van der Waals surface area contributed by atoms with Gasteiger partial charge in [0.25, 0.3) is 5.91 Å². The van der Waals surface area contributed by atoms with Gasteiger partial charge in [-0.1, -0.05) is 12.1 Å². The first-order valence-corrected chi connectivity index (χ1v) is 7.40. The van der Waals surface area contributed by atoms with E-state index in [1.807, 2.05) is 29.2 Å². The molecule has 0 aromatic heterocycles. The maximum absolute atomic E-state index is 12.4. The van der Waals surface area contributed by atoms with Gasteiger partial charge in [-0.15, -0.1) is 0 Å². The molecule has 1 saturated heterocycles. The Hall–Kier alpha value is -1.88. The first-order chi connectivity index (χ1) is 10.1. The van der Waals surface area contributed by atoms with Gasteiger partial charge in [0, 0.05) is 25.1 Å². The van der Waals surface area contributed by atoms with Gasteiger partial charge in [0.1, 0.15) is 0 Å². The fraction of sp³-hybridized carbons (Fsp3) is 0.500. The van der Waals surface area contributed by atoms with Crippen LogP contribution in [0.4, 0.5) is 0 Å². The van der Waals surface area contributed by atoms with Gasteiger partial charge in [0.05, 0.1) is 0 Å². The number of carboxylic acid groups (broad SMARTS) is 1. The van der Waals surface area contributed by atoms with E-state index in [0.29, 0.717) is 37.5 Å². The van der Waals surface area contributed by atoms with Gasteiger partial charge < -0.3 is 15.7 Å². The standard InChI is InChI=1S/C16H22N2O3/c17-9-7-12-1-4-14(5-2-12)16(21)18-10-8-13(11-18)3-6-15(19)20/h1-2,4-5,13H,3,6-11,17H2,(H,19,20). The molecule has 1 aromatic rings. The van der Waals surface area contributed by atoms with E-state index in [9.17, 15) is 9.59 Å². The summed E-state index contributed by atoms with van der Waals surface area (Å²) in [4.78, 5) is 24.8. The molecule has 0 aliphatic carbocycles. The van der Waals surface area contributed by atoms with Gasteiger partial charge >= 0.3 is 5.97 Å². The molecule has 1 fully saturated rings. The minimum atomic E-state index is -0.768. The number of hydrogen-bond acceptors (Lipinski definition) is 3. The average Bonchev–Trinajstić information content (AvgIpc) is 2.94. The van der Waals surface area contributed by atoms with Crippen LogP contribution in [0.25, 0.3) is 0 Å². The Kier molecular flexibility index (Phi) is 5.33. The molecule has 21 heavy (non-hydrogen) atoms. The van der Waals surface area contributed by atoms with Crippen LogP contribution in [0.5, 0.6) is 0 Å². The molecular formula is C16H22N2O3. The van der Waals surface area contributed by atoms with E-state index in [1.165, 1.54) is 0 Å². The van der Waals surface area contributed by atoms with Crippen LogP contribution in [0, 0.1) is 5.92 Å². The smallest absolute Gasteiger partial charge is 0.303 e. The predicted octanol–water partition coefficient (Wildman–Crippen LogP) is 1.51. The second-order valence-electron chi connectivity index (χ2n) is 5.57. The second-order valence-corrected chi connectivity index (χ2v) is 5.57. The zero-order chi connectivity index (χ0) is 15.2. The van der Waals surface area contributed by atoms with Gasteiger partial charge in [0.2, 0.25) is 0 Å². The summed E-state index contributed by atoms with van der Waals surface area (Å²) in [6.07, 6.45) is 2.54. The lowest BCUT2D eigenvalue weighted by Gasteiger charge is -2.16. The lowest BCUT2D eigenvalue weighted by Crippen LogP contribution is -2.28. The molecule has 1 aliphatic heterocycles. The molecule has 1 atom stereocenters. The Bertz CT molecular complexity index is 499. The summed E-state index contributed by atoms with van der Waals surface area (Å²) in [5.74, 6) is -0.427. The van der Waals surface area contributed by atoms with E-state index in [2.05, 4.69) is 0 Å². The summed E-state index contributed by atoms with van der Waals surface area (Å²) < 4.78 is 0. The molecule has 0 bridgehead atoms. The number of hydrogen-bond donors (Lipinski definition) is 2. The van der Waals surface area contributed by atoms with Crippen molar-refractivity contribution in [2.45, 2.75) is 25.7 Å². The third-order valence-electron chi connectivity index (χ3n) is 3.97. The highest BCUT2D eigenvalue weighted by atomic mass is 16.4. The zero-order valence-corrected chi connectivity index (χ0v) is 12.1. The van der Waals surface area contributed by atoms with E-state index in [-0.39, 0.29) is 12.3 Å². The Labute approximate surface area is 124 Å². The van der Waals surface area contributed by atoms with Crippen LogP contribution < -0.4 is 5.73 Å². The van der Waals surface area contributed by atoms with E-state index >= 15 is 0 Å². The number of aliphatic carboxylic acids is 1. The summed E-state index contributed by atoms with van der Waals surface area (Å²) in [6, 6.07) is 7.58. The minimum Gasteiger partial charge on any atom is -0.481 e. The normalized spacial score (nSPS) is 18.0. The molecule has 1 aliphatic rings. The van der Waals surface area contributed by atoms with Crippen LogP contribution in [0.1, 0.15) is 35.2 Å². The van der Waals surface area contributed by atoms with Crippen molar-refractivity contribution in [2.24, 2.45) is 11.7 Å². The van der Waals surface area contributed by atoms with E-state index < -0.39 is 5.97 Å². The van der Waals surface area contributed by atoms with Gasteiger partial charge in [-0.2, -0.15) is 0 Å². The van der Waals surface area contributed by atoms with Crippen molar-refractivity contribution in [1.29, 1.82) is 0 Å². The molecule has 1 unspecified atom stereocenters. The first-order valence-electron chi connectivity index (χ1n) is 7.40. The number of likely N-dealkylation sites (tertiary alicyclic amines) is 1. The van der Waals surface area contributed by atoms with Crippen LogP contribution in [0.15, 0.2) is 24.3 Å². The second kappa shape index (κ2) is 7.22. The van der Waals surface area contributed by atoms with Crippen molar-refractivity contribution in [3.8, 4) is 0 Å². The van der Waals surface area contributed by atoms with Crippen LogP contribution in [0.3, 0.4) is 0 Å². The third-order valence-corrected chi connectivity index (χ3v) is 3.97. The first kappa shape index (κ1) is 15.5. The minimum absolute atomic E-state index is 0.0344. The molecule has 3 N–H and O–H groups in total. The van der Waals surface area contributed by atoms with Crippen LogP contribution in [0.2, 0.25) is 0 Å². The van der Waals surface area contributed by atoms with Crippen molar-refractivity contribution >= 4 is 11.9 Å². The molecule has 0 saturated carbocycles. The molecule has 5 nitrogen and oxygen atoms in total. The quantitative estimate of drug-likeness (QED) is 0.832.